The van der Waals surface area contributed by atoms with Crippen LogP contribution in [0, 0.1) is 5.92 Å². The number of halogens is 1. The Morgan fingerprint density at radius 1 is 1.13 bits per heavy atom. The molecule has 1 saturated carbocycles. The number of rotatable bonds is 6. The van der Waals surface area contributed by atoms with Crippen LogP contribution >= 0.6 is 11.6 Å². The molecule has 198 valence electrons. The third kappa shape index (κ3) is 3.75. The molecule has 0 aliphatic heterocycles. The van der Waals surface area contributed by atoms with Crippen LogP contribution < -0.4 is 16.3 Å². The van der Waals surface area contributed by atoms with Crippen molar-refractivity contribution in [3.05, 3.63) is 63.8 Å². The minimum absolute atomic E-state index is 0.193. The first-order chi connectivity index (χ1) is 18.8. The Bertz CT molecular complexity index is 1970. The fourth-order valence-corrected chi connectivity index (χ4v) is 5.53. The summed E-state index contributed by atoms with van der Waals surface area (Å²) in [7, 11) is 5.66. The van der Waals surface area contributed by atoms with Gasteiger partial charge < -0.3 is 15.2 Å². The van der Waals surface area contributed by atoms with Crippen LogP contribution in [0.3, 0.4) is 0 Å². The zero-order valence-corrected chi connectivity index (χ0v) is 22.6. The van der Waals surface area contributed by atoms with Gasteiger partial charge in [-0.15, -0.1) is 10.2 Å². The minimum atomic E-state index is -0.193. The molecule has 0 amide bonds. The van der Waals surface area contributed by atoms with Crippen LogP contribution in [0.25, 0.3) is 39.0 Å². The second-order valence-electron chi connectivity index (χ2n) is 10.5. The second kappa shape index (κ2) is 8.57. The molecule has 0 spiro atoms. The quantitative estimate of drug-likeness (QED) is 0.342. The highest BCUT2D eigenvalue weighted by Crippen LogP contribution is 2.36. The summed E-state index contributed by atoms with van der Waals surface area (Å²) in [6, 6.07) is 9.57. The maximum Gasteiger partial charge on any atom is 0.338 e. The molecule has 0 atom stereocenters. The smallest absolute Gasteiger partial charge is 0.338 e. The van der Waals surface area contributed by atoms with Crippen molar-refractivity contribution in [3.63, 3.8) is 0 Å². The molecule has 1 aliphatic carbocycles. The number of hydrogen-bond donors (Lipinski definition) is 1. The van der Waals surface area contributed by atoms with Gasteiger partial charge in [-0.1, -0.05) is 11.6 Å². The number of nitrogen functional groups attached to an aromatic ring is 1. The summed E-state index contributed by atoms with van der Waals surface area (Å²) in [5.41, 5.74) is 11.2. The maximum absolute atomic E-state index is 13.9. The van der Waals surface area contributed by atoms with Crippen molar-refractivity contribution < 1.29 is 0 Å². The Balaban J connectivity index is 1.58. The maximum atomic E-state index is 13.9. The molecule has 6 aromatic rings. The SMILES string of the molecule is CN(C)c1nnc2c3c(-c4cc(N)cn4C)n(Cc4ccnc5ccc(Cl)cc45)nc3n(CC3CC3)c(=O)n12. The Labute approximate surface area is 228 Å². The number of hydrogen-bond acceptors (Lipinski definition) is 7. The van der Waals surface area contributed by atoms with Crippen molar-refractivity contribution in [2.75, 3.05) is 24.7 Å². The molecule has 0 radical (unpaired) electrons. The van der Waals surface area contributed by atoms with Gasteiger partial charge in [-0.05, 0) is 54.7 Å². The van der Waals surface area contributed by atoms with Crippen LogP contribution in [-0.4, -0.2) is 52.6 Å². The molecule has 0 bridgehead atoms. The first-order valence-corrected chi connectivity index (χ1v) is 13.2. The van der Waals surface area contributed by atoms with Gasteiger partial charge in [-0.2, -0.15) is 5.10 Å². The average molecular weight is 543 g/mol. The first kappa shape index (κ1) is 23.7. The van der Waals surface area contributed by atoms with Gasteiger partial charge in [-0.3, -0.25) is 14.2 Å². The fraction of sp³-hybridized carbons (Fsp3) is 0.296. The third-order valence-electron chi connectivity index (χ3n) is 7.40. The Morgan fingerprint density at radius 2 is 1.95 bits per heavy atom. The normalized spacial score (nSPS) is 13.7. The van der Waals surface area contributed by atoms with Gasteiger partial charge in [0.1, 0.15) is 0 Å². The number of aryl methyl sites for hydroxylation is 1. The van der Waals surface area contributed by atoms with E-state index in [1.165, 1.54) is 0 Å². The van der Waals surface area contributed by atoms with E-state index >= 15 is 0 Å². The highest BCUT2D eigenvalue weighted by atomic mass is 35.5. The summed E-state index contributed by atoms with van der Waals surface area (Å²) >= 11 is 6.37. The predicted octanol–water partition coefficient (Wildman–Crippen LogP) is 3.55. The van der Waals surface area contributed by atoms with Crippen LogP contribution in [0.1, 0.15) is 18.4 Å². The number of nitrogens with two attached hydrogens (primary N) is 1. The van der Waals surface area contributed by atoms with E-state index < -0.39 is 0 Å². The number of benzene rings is 1. The van der Waals surface area contributed by atoms with E-state index in [9.17, 15) is 4.79 Å². The summed E-state index contributed by atoms with van der Waals surface area (Å²) in [4.78, 5) is 20.2. The van der Waals surface area contributed by atoms with Gasteiger partial charge in [0.2, 0.25) is 5.95 Å². The van der Waals surface area contributed by atoms with E-state index in [0.29, 0.717) is 47.0 Å². The predicted molar refractivity (Wildman–Crippen MR) is 152 cm³/mol. The molecule has 5 heterocycles. The van der Waals surface area contributed by atoms with Gasteiger partial charge in [0.25, 0.3) is 0 Å². The van der Waals surface area contributed by atoms with Crippen molar-refractivity contribution in [3.8, 4) is 11.4 Å². The summed E-state index contributed by atoms with van der Waals surface area (Å²) in [6.45, 7) is 1.02. The third-order valence-corrected chi connectivity index (χ3v) is 7.64. The molecule has 39 heavy (non-hydrogen) atoms. The lowest BCUT2D eigenvalue weighted by Crippen LogP contribution is -2.30. The van der Waals surface area contributed by atoms with Crippen molar-refractivity contribution in [2.45, 2.75) is 25.9 Å². The second-order valence-corrected chi connectivity index (χ2v) is 10.9. The molecule has 1 fully saturated rings. The van der Waals surface area contributed by atoms with Crippen molar-refractivity contribution in [1.29, 1.82) is 0 Å². The van der Waals surface area contributed by atoms with Crippen LogP contribution in [0.4, 0.5) is 11.6 Å². The van der Waals surface area contributed by atoms with Gasteiger partial charge >= 0.3 is 5.69 Å². The molecule has 0 unspecified atom stereocenters. The standard InChI is InChI=1S/C27H27ClN10O/c1-34(2)26-32-31-24-22-23(21-11-18(29)14-35(21)3)37(13-16-8-9-30-20-7-6-17(28)10-19(16)20)33-25(22)36(12-15-4-5-15)27(39)38(24)26/h6-11,14-15H,4-5,12-13,29H2,1-3H3. The minimum Gasteiger partial charge on any atom is -0.397 e. The molecule has 1 aliphatic rings. The topological polar surface area (TPSA) is 117 Å². The van der Waals surface area contributed by atoms with Crippen molar-refractivity contribution in [2.24, 2.45) is 13.0 Å². The number of nitrogens with zero attached hydrogens (tertiary/aromatic N) is 9. The number of pyridine rings is 1. The molecular weight excluding hydrogens is 516 g/mol. The summed E-state index contributed by atoms with van der Waals surface area (Å²) < 4.78 is 7.28. The highest BCUT2D eigenvalue weighted by Gasteiger charge is 2.30. The van der Waals surface area contributed by atoms with E-state index in [-0.39, 0.29) is 5.69 Å². The Hall–Kier alpha value is -4.38. The van der Waals surface area contributed by atoms with Crippen LogP contribution in [0.2, 0.25) is 5.02 Å². The van der Waals surface area contributed by atoms with Gasteiger partial charge in [0, 0.05) is 50.5 Å². The van der Waals surface area contributed by atoms with Crippen molar-refractivity contribution in [1.82, 2.24) is 38.5 Å². The van der Waals surface area contributed by atoms with E-state index in [1.807, 2.05) is 66.9 Å². The summed E-state index contributed by atoms with van der Waals surface area (Å²) in [5, 5.41) is 16.3. The zero-order chi connectivity index (χ0) is 27.0. The summed E-state index contributed by atoms with van der Waals surface area (Å²) in [6.07, 6.45) is 5.85. The number of fused-ring (bicyclic) bond motifs is 4. The van der Waals surface area contributed by atoms with Crippen LogP contribution in [0.5, 0.6) is 0 Å². The molecule has 11 nitrogen and oxygen atoms in total. The largest absolute Gasteiger partial charge is 0.397 e. The number of aromatic nitrogens is 8. The van der Waals surface area contributed by atoms with Crippen molar-refractivity contribution >= 4 is 50.8 Å². The Kier molecular flexibility index (Phi) is 5.21. The molecule has 7 rings (SSSR count). The van der Waals surface area contributed by atoms with E-state index in [4.69, 9.17) is 22.4 Å². The van der Waals surface area contributed by atoms with E-state index in [2.05, 4.69) is 15.2 Å². The van der Waals surface area contributed by atoms with E-state index in [0.717, 1.165) is 46.1 Å². The van der Waals surface area contributed by atoms with Gasteiger partial charge in [0.15, 0.2) is 11.3 Å². The molecule has 5 aromatic heterocycles. The average Bonchev–Trinajstić information content (AvgIpc) is 3.32. The van der Waals surface area contributed by atoms with Crippen LogP contribution in [-0.2, 0) is 20.1 Å². The van der Waals surface area contributed by atoms with Gasteiger partial charge in [0.05, 0.1) is 34.5 Å². The summed E-state index contributed by atoms with van der Waals surface area (Å²) in [5.74, 6) is 0.925. The molecule has 2 N–H and O–H groups in total. The zero-order valence-electron chi connectivity index (χ0n) is 21.8. The monoisotopic (exact) mass is 542 g/mol. The fourth-order valence-electron chi connectivity index (χ4n) is 5.36. The molecule has 12 heteroatoms. The van der Waals surface area contributed by atoms with E-state index in [1.54, 1.807) is 20.1 Å². The molecule has 1 aromatic carbocycles. The highest BCUT2D eigenvalue weighted by molar-refractivity contribution is 6.31. The molecule has 0 saturated heterocycles. The lowest BCUT2D eigenvalue weighted by atomic mass is 10.1. The lowest BCUT2D eigenvalue weighted by molar-refractivity contribution is 0.594. The first-order valence-electron chi connectivity index (χ1n) is 12.8. The molecular formula is C27H27ClN10O. The number of anilines is 2. The van der Waals surface area contributed by atoms with Crippen LogP contribution in [0.15, 0.2) is 47.5 Å². The Morgan fingerprint density at radius 3 is 2.67 bits per heavy atom. The van der Waals surface area contributed by atoms with Gasteiger partial charge in [-0.25, -0.2) is 9.20 Å². The lowest BCUT2D eigenvalue weighted by Gasteiger charge is -2.12.